The van der Waals surface area contributed by atoms with Gasteiger partial charge in [-0.25, -0.2) is 0 Å². The molecule has 1 saturated carbocycles. The van der Waals surface area contributed by atoms with Crippen LogP contribution in [0.5, 0.6) is 0 Å². The molecule has 0 aliphatic heterocycles. The Morgan fingerprint density at radius 2 is 1.94 bits per heavy atom. The van der Waals surface area contributed by atoms with Gasteiger partial charge < -0.3 is 9.55 Å². The van der Waals surface area contributed by atoms with Gasteiger partial charge in [0, 0.05) is 35.1 Å². The van der Waals surface area contributed by atoms with Crippen LogP contribution in [-0.2, 0) is 13.0 Å². The maximum atomic E-state index is 14.1. The van der Waals surface area contributed by atoms with Crippen LogP contribution in [0.2, 0.25) is 0 Å². The van der Waals surface area contributed by atoms with Crippen LogP contribution in [0.15, 0.2) is 72.5 Å². The summed E-state index contributed by atoms with van der Waals surface area (Å²) in [6.07, 6.45) is 10.7. The molecule has 5 rings (SSSR count). The molecule has 1 aliphatic carbocycles. The van der Waals surface area contributed by atoms with Crippen molar-refractivity contribution in [2.24, 2.45) is 0 Å². The van der Waals surface area contributed by atoms with Gasteiger partial charge in [0.25, 0.3) is 0 Å². The van der Waals surface area contributed by atoms with Crippen LogP contribution in [0.4, 0.5) is 0 Å². The van der Waals surface area contributed by atoms with Gasteiger partial charge in [0.2, 0.25) is 0 Å². The summed E-state index contributed by atoms with van der Waals surface area (Å²) in [5.41, 5.74) is 3.95. The minimum absolute atomic E-state index is 0.0769. The molecule has 5 nitrogen and oxygen atoms in total. The van der Waals surface area contributed by atoms with Gasteiger partial charge in [-0.15, -0.1) is 16.8 Å². The lowest BCUT2D eigenvalue weighted by Gasteiger charge is -2.22. The lowest BCUT2D eigenvalue weighted by molar-refractivity contribution is 0.0991. The molecule has 2 heterocycles. The van der Waals surface area contributed by atoms with Crippen LogP contribution in [0.1, 0.15) is 77.5 Å². The second kappa shape index (κ2) is 10.6. The minimum atomic E-state index is -0.424. The fraction of sp³-hybridized carbons (Fsp3) is 0.345. The van der Waals surface area contributed by atoms with Gasteiger partial charge in [-0.05, 0) is 30.4 Å². The molecule has 35 heavy (non-hydrogen) atoms. The number of nitrogens with zero attached hydrogens (tertiary/aromatic N) is 3. The summed E-state index contributed by atoms with van der Waals surface area (Å²) in [4.78, 5) is 17.4. The Morgan fingerprint density at radius 1 is 1.14 bits per heavy atom. The zero-order valence-electron chi connectivity index (χ0n) is 20.2. The number of ketones is 1. The minimum Gasteiger partial charge on any atom is -0.360 e. The monoisotopic (exact) mass is 484 g/mol. The second-order valence-electron chi connectivity index (χ2n) is 9.24. The van der Waals surface area contributed by atoms with Crippen LogP contribution < -0.4 is 0 Å². The average molecular weight is 485 g/mol. The van der Waals surface area contributed by atoms with E-state index < -0.39 is 5.25 Å². The first kappa shape index (κ1) is 23.6. The van der Waals surface area contributed by atoms with Crippen molar-refractivity contribution >= 4 is 28.4 Å². The van der Waals surface area contributed by atoms with Crippen LogP contribution in [0.25, 0.3) is 10.9 Å². The zero-order chi connectivity index (χ0) is 24.2. The van der Waals surface area contributed by atoms with Crippen molar-refractivity contribution in [3.63, 3.8) is 0 Å². The van der Waals surface area contributed by atoms with Crippen LogP contribution in [-0.4, -0.2) is 25.5 Å². The van der Waals surface area contributed by atoms with Crippen molar-refractivity contribution in [2.75, 3.05) is 0 Å². The fourth-order valence-corrected chi connectivity index (χ4v) is 6.34. The third-order valence-corrected chi connectivity index (χ3v) is 8.27. The lowest BCUT2D eigenvalue weighted by atomic mass is 9.89. The molecule has 0 spiro atoms. The quantitative estimate of drug-likeness (QED) is 0.154. The number of thioether (sulfide) groups is 1. The van der Waals surface area contributed by atoms with E-state index in [1.165, 1.54) is 36.6 Å². The molecule has 0 unspecified atom stereocenters. The molecule has 180 valence electrons. The second-order valence-corrected chi connectivity index (χ2v) is 10.3. The molecule has 1 aliphatic rings. The van der Waals surface area contributed by atoms with Gasteiger partial charge in [-0.2, -0.15) is 0 Å². The summed E-state index contributed by atoms with van der Waals surface area (Å²) in [7, 11) is 0. The van der Waals surface area contributed by atoms with Gasteiger partial charge in [0.05, 0.1) is 0 Å². The van der Waals surface area contributed by atoms with E-state index in [0.29, 0.717) is 12.5 Å². The highest BCUT2D eigenvalue weighted by Crippen LogP contribution is 2.40. The number of hydrogen-bond acceptors (Lipinski definition) is 4. The maximum Gasteiger partial charge on any atom is 0.192 e. The summed E-state index contributed by atoms with van der Waals surface area (Å²) >= 11 is 1.50. The normalized spacial score (nSPS) is 15.3. The number of aryl methyl sites for hydroxylation is 1. The lowest BCUT2D eigenvalue weighted by Crippen LogP contribution is -2.14. The van der Waals surface area contributed by atoms with E-state index in [4.69, 9.17) is 0 Å². The van der Waals surface area contributed by atoms with E-state index in [2.05, 4.69) is 39.3 Å². The van der Waals surface area contributed by atoms with Crippen molar-refractivity contribution in [3.8, 4) is 0 Å². The molecule has 0 saturated heterocycles. The Hall–Kier alpha value is -3.12. The highest BCUT2D eigenvalue weighted by molar-refractivity contribution is 8.00. The Morgan fingerprint density at radius 3 is 2.69 bits per heavy atom. The molecule has 1 atom stereocenters. The van der Waals surface area contributed by atoms with Crippen molar-refractivity contribution in [3.05, 3.63) is 89.9 Å². The number of aromatic amines is 1. The summed E-state index contributed by atoms with van der Waals surface area (Å²) in [6, 6.07) is 16.2. The Kier molecular flexibility index (Phi) is 7.19. The number of H-pyrrole nitrogens is 1. The van der Waals surface area contributed by atoms with E-state index in [1.54, 1.807) is 0 Å². The smallest absolute Gasteiger partial charge is 0.192 e. The number of Topliss-reactive ketones (excluding diaryl/α,β-unsaturated/α-hetero) is 1. The van der Waals surface area contributed by atoms with E-state index in [0.717, 1.165) is 52.3 Å². The number of carbonyl (C=O) groups excluding carboxylic acids is 1. The molecule has 1 fully saturated rings. The highest BCUT2D eigenvalue weighted by atomic mass is 32.2. The number of para-hydroxylation sites is 1. The van der Waals surface area contributed by atoms with Gasteiger partial charge in [-0.3, -0.25) is 4.79 Å². The molecular formula is C29H32N4OS. The predicted octanol–water partition coefficient (Wildman–Crippen LogP) is 7.27. The number of aromatic nitrogens is 4. The van der Waals surface area contributed by atoms with Crippen molar-refractivity contribution in [1.29, 1.82) is 0 Å². The van der Waals surface area contributed by atoms with E-state index >= 15 is 0 Å². The Labute approximate surface area is 211 Å². The number of nitrogens with one attached hydrogen (secondary N) is 1. The number of hydrogen-bond donors (Lipinski definition) is 1. The van der Waals surface area contributed by atoms with E-state index in [1.807, 2.05) is 54.7 Å². The van der Waals surface area contributed by atoms with Crippen molar-refractivity contribution in [1.82, 2.24) is 19.7 Å². The van der Waals surface area contributed by atoms with E-state index in [-0.39, 0.29) is 5.78 Å². The van der Waals surface area contributed by atoms with Gasteiger partial charge in [0.1, 0.15) is 11.1 Å². The molecule has 2 aromatic heterocycles. The molecule has 4 aromatic rings. The molecule has 1 N–H and O–H groups in total. The largest absolute Gasteiger partial charge is 0.360 e. The summed E-state index contributed by atoms with van der Waals surface area (Å²) in [5.74, 6) is 1.54. The molecular weight excluding hydrogens is 452 g/mol. The van der Waals surface area contributed by atoms with Gasteiger partial charge in [0.15, 0.2) is 10.9 Å². The predicted molar refractivity (Wildman–Crippen MR) is 143 cm³/mol. The first-order chi connectivity index (χ1) is 17.2. The van der Waals surface area contributed by atoms with Crippen LogP contribution in [0.3, 0.4) is 0 Å². The van der Waals surface area contributed by atoms with Crippen molar-refractivity contribution < 1.29 is 4.79 Å². The molecule has 6 heteroatoms. The molecule has 0 amide bonds. The zero-order valence-corrected chi connectivity index (χ0v) is 21.1. The number of carbonyl (C=O) groups is 1. The maximum absolute atomic E-state index is 14.1. The molecule has 2 aromatic carbocycles. The van der Waals surface area contributed by atoms with E-state index in [9.17, 15) is 4.79 Å². The third kappa shape index (κ3) is 4.72. The summed E-state index contributed by atoms with van der Waals surface area (Å²) in [5, 5.41) is 10.6. The SMILES string of the molecule is C=CCn1c(S[C@H](C(=O)c2c[nH]c3c(CC)cccc23)c2ccccc2)nnc1C1CCCCC1. The average Bonchev–Trinajstić information content (AvgIpc) is 3.52. The summed E-state index contributed by atoms with van der Waals surface area (Å²) < 4.78 is 2.17. The van der Waals surface area contributed by atoms with Gasteiger partial charge in [-0.1, -0.05) is 92.6 Å². The Bertz CT molecular complexity index is 1320. The highest BCUT2D eigenvalue weighted by Gasteiger charge is 2.30. The number of fused-ring (bicyclic) bond motifs is 1. The number of rotatable bonds is 9. The van der Waals surface area contributed by atoms with Crippen LogP contribution in [0, 0.1) is 0 Å². The summed E-state index contributed by atoms with van der Waals surface area (Å²) in [6.45, 7) is 6.75. The molecule has 0 bridgehead atoms. The number of allylic oxidation sites excluding steroid dienone is 1. The number of benzene rings is 2. The topological polar surface area (TPSA) is 63.6 Å². The van der Waals surface area contributed by atoms with Gasteiger partial charge >= 0.3 is 0 Å². The first-order valence-electron chi connectivity index (χ1n) is 12.6. The first-order valence-corrected chi connectivity index (χ1v) is 13.5. The molecule has 0 radical (unpaired) electrons. The van der Waals surface area contributed by atoms with Crippen molar-refractivity contribution in [2.45, 2.75) is 68.3 Å². The standard InChI is InChI=1S/C29H32N4OS/c1-3-18-33-28(22-14-9-6-10-15-22)31-32-29(33)35-27(21-12-7-5-8-13-21)26(34)24-19-30-25-20(4-2)16-11-17-23(24)25/h3,5,7-8,11-13,16-17,19,22,27,30H,1,4,6,9-10,14-15,18H2,2H3/t27-/m0/s1. The third-order valence-electron chi connectivity index (χ3n) is 7.04. The Balaban J connectivity index is 1.54. The fourth-order valence-electron chi connectivity index (χ4n) is 5.21. The van der Waals surface area contributed by atoms with Crippen LogP contribution >= 0.6 is 11.8 Å².